The Morgan fingerprint density at radius 2 is 2.09 bits per heavy atom. The van der Waals surface area contributed by atoms with Gasteiger partial charge in [0.1, 0.15) is 5.75 Å². The highest BCUT2D eigenvalue weighted by atomic mass is 32.2. The second-order valence-electron chi connectivity index (χ2n) is 5.85. The van der Waals surface area contributed by atoms with Gasteiger partial charge in [0, 0.05) is 30.1 Å². The summed E-state index contributed by atoms with van der Waals surface area (Å²) in [5, 5.41) is 0. The molecule has 0 spiro atoms. The molecule has 3 rings (SSSR count). The number of nitrogens with zero attached hydrogens (tertiary/aromatic N) is 2. The van der Waals surface area contributed by atoms with Crippen LogP contribution >= 0.6 is 11.8 Å². The van der Waals surface area contributed by atoms with Crippen molar-refractivity contribution >= 4 is 23.4 Å². The number of nitrogens with two attached hydrogens (primary N) is 1. The lowest BCUT2D eigenvalue weighted by molar-refractivity contribution is -0.116. The Balaban J connectivity index is 1.69. The van der Waals surface area contributed by atoms with Crippen LogP contribution in [0.1, 0.15) is 12.8 Å². The third kappa shape index (κ3) is 3.39. The molecule has 2 N–H and O–H groups in total. The first-order valence-corrected chi connectivity index (χ1v) is 8.75. The molecule has 22 heavy (non-hydrogen) atoms. The molecule has 120 valence electrons. The summed E-state index contributed by atoms with van der Waals surface area (Å²) in [6.07, 6.45) is 2.10. The van der Waals surface area contributed by atoms with Crippen LogP contribution in [0.4, 0.5) is 5.69 Å². The molecule has 0 aromatic heterocycles. The topological polar surface area (TPSA) is 58.8 Å². The lowest BCUT2D eigenvalue weighted by atomic mass is 10.1. The molecule has 0 saturated carbocycles. The number of hydrogen-bond donors (Lipinski definition) is 1. The Bertz CT molecular complexity index is 544. The lowest BCUT2D eigenvalue weighted by Crippen LogP contribution is -2.45. The summed E-state index contributed by atoms with van der Waals surface area (Å²) >= 11 is 1.60. The molecule has 0 atom stereocenters. The van der Waals surface area contributed by atoms with E-state index >= 15 is 0 Å². The summed E-state index contributed by atoms with van der Waals surface area (Å²) in [7, 11) is 1.65. The summed E-state index contributed by atoms with van der Waals surface area (Å²) < 4.78 is 5.30. The second kappa shape index (κ2) is 6.89. The molecule has 6 heteroatoms. The molecular formula is C16H23N3O2S. The molecule has 0 bridgehead atoms. The Kier molecular flexibility index (Phi) is 4.90. The van der Waals surface area contributed by atoms with Gasteiger partial charge in [0.05, 0.1) is 18.6 Å². The van der Waals surface area contributed by atoms with Crippen LogP contribution in [0.5, 0.6) is 5.75 Å². The number of methoxy groups -OCH3 is 1. The van der Waals surface area contributed by atoms with Crippen LogP contribution in [-0.2, 0) is 4.79 Å². The minimum absolute atomic E-state index is 0.180. The van der Waals surface area contributed by atoms with Crippen molar-refractivity contribution in [3.8, 4) is 5.75 Å². The van der Waals surface area contributed by atoms with E-state index in [0.717, 1.165) is 55.4 Å². The maximum Gasteiger partial charge on any atom is 0.237 e. The Morgan fingerprint density at radius 3 is 2.82 bits per heavy atom. The molecular weight excluding hydrogens is 298 g/mol. The van der Waals surface area contributed by atoms with Gasteiger partial charge in [0.2, 0.25) is 5.91 Å². The fourth-order valence-electron chi connectivity index (χ4n) is 2.97. The maximum absolute atomic E-state index is 12.3. The predicted molar refractivity (Wildman–Crippen MR) is 89.7 cm³/mol. The molecule has 0 unspecified atom stereocenters. The molecule has 2 aliphatic rings. The zero-order valence-electron chi connectivity index (χ0n) is 13.0. The molecule has 0 radical (unpaired) electrons. The lowest BCUT2D eigenvalue weighted by Gasteiger charge is -2.34. The van der Waals surface area contributed by atoms with Gasteiger partial charge in [-0.2, -0.15) is 0 Å². The zero-order valence-corrected chi connectivity index (χ0v) is 13.8. The van der Waals surface area contributed by atoms with Gasteiger partial charge in [0.25, 0.3) is 0 Å². The molecule has 1 amide bonds. The number of benzene rings is 1. The third-order valence-electron chi connectivity index (χ3n) is 4.38. The van der Waals surface area contributed by atoms with Crippen molar-refractivity contribution in [2.75, 3.05) is 43.9 Å². The van der Waals surface area contributed by atoms with Crippen molar-refractivity contribution in [2.24, 2.45) is 5.73 Å². The molecule has 2 aliphatic heterocycles. The van der Waals surface area contributed by atoms with Gasteiger partial charge < -0.3 is 20.3 Å². The highest BCUT2D eigenvalue weighted by molar-refractivity contribution is 8.00. The minimum Gasteiger partial charge on any atom is -0.497 e. The average Bonchev–Trinajstić information content (AvgIpc) is 2.55. The summed E-state index contributed by atoms with van der Waals surface area (Å²) in [4.78, 5) is 17.8. The summed E-state index contributed by atoms with van der Waals surface area (Å²) in [5.74, 6) is 1.49. The van der Waals surface area contributed by atoms with Crippen molar-refractivity contribution in [1.29, 1.82) is 0 Å². The zero-order chi connectivity index (χ0) is 15.5. The maximum atomic E-state index is 12.3. The molecule has 5 nitrogen and oxygen atoms in total. The standard InChI is InChI=1S/C16H23N3O2S/c1-21-13-2-3-15-14(10-13)19(16(20)11-22-15)9-8-18-6-4-12(17)5-7-18/h2-3,10,12H,4-9,11,17H2,1H3. The number of piperidine rings is 1. The van der Waals surface area contributed by atoms with Crippen LogP contribution in [0.2, 0.25) is 0 Å². The number of rotatable bonds is 4. The third-order valence-corrected chi connectivity index (χ3v) is 5.43. The van der Waals surface area contributed by atoms with Gasteiger partial charge in [-0.1, -0.05) is 0 Å². The van der Waals surface area contributed by atoms with E-state index in [-0.39, 0.29) is 5.91 Å². The quantitative estimate of drug-likeness (QED) is 0.912. The van der Waals surface area contributed by atoms with E-state index in [2.05, 4.69) is 4.90 Å². The van der Waals surface area contributed by atoms with Crippen LogP contribution in [0.15, 0.2) is 23.1 Å². The molecule has 1 fully saturated rings. The number of carbonyl (C=O) groups is 1. The number of anilines is 1. The largest absolute Gasteiger partial charge is 0.497 e. The van der Waals surface area contributed by atoms with E-state index in [4.69, 9.17) is 10.5 Å². The number of ether oxygens (including phenoxy) is 1. The number of likely N-dealkylation sites (tertiary alicyclic amines) is 1. The molecule has 1 aromatic carbocycles. The summed E-state index contributed by atoms with van der Waals surface area (Å²) in [5.41, 5.74) is 6.93. The minimum atomic E-state index is 0.180. The van der Waals surface area contributed by atoms with Crippen LogP contribution in [0, 0.1) is 0 Å². The highest BCUT2D eigenvalue weighted by Gasteiger charge is 2.26. The average molecular weight is 321 g/mol. The van der Waals surface area contributed by atoms with Gasteiger partial charge in [-0.25, -0.2) is 0 Å². The van der Waals surface area contributed by atoms with Crippen molar-refractivity contribution in [3.05, 3.63) is 18.2 Å². The van der Waals surface area contributed by atoms with Crippen molar-refractivity contribution in [1.82, 2.24) is 4.90 Å². The normalized spacial score (nSPS) is 20.1. The summed E-state index contributed by atoms with van der Waals surface area (Å²) in [6, 6.07) is 6.30. The van der Waals surface area contributed by atoms with E-state index in [1.807, 2.05) is 23.1 Å². The van der Waals surface area contributed by atoms with Gasteiger partial charge in [-0.05, 0) is 38.1 Å². The fraction of sp³-hybridized carbons (Fsp3) is 0.562. The Morgan fingerprint density at radius 1 is 1.32 bits per heavy atom. The van der Waals surface area contributed by atoms with Crippen LogP contribution in [0.25, 0.3) is 0 Å². The summed E-state index contributed by atoms with van der Waals surface area (Å²) in [6.45, 7) is 3.69. The first kappa shape index (κ1) is 15.6. The monoisotopic (exact) mass is 321 g/mol. The number of amides is 1. The fourth-order valence-corrected chi connectivity index (χ4v) is 3.89. The smallest absolute Gasteiger partial charge is 0.237 e. The second-order valence-corrected chi connectivity index (χ2v) is 6.86. The number of carbonyl (C=O) groups excluding carboxylic acids is 1. The highest BCUT2D eigenvalue weighted by Crippen LogP contribution is 2.37. The Hall–Kier alpha value is -1.24. The van der Waals surface area contributed by atoms with Crippen LogP contribution < -0.4 is 15.4 Å². The number of thioether (sulfide) groups is 1. The van der Waals surface area contributed by atoms with E-state index in [1.165, 1.54) is 0 Å². The molecule has 1 saturated heterocycles. The van der Waals surface area contributed by atoms with Crippen molar-refractivity contribution in [3.63, 3.8) is 0 Å². The van der Waals surface area contributed by atoms with E-state index in [9.17, 15) is 4.79 Å². The molecule has 2 heterocycles. The van der Waals surface area contributed by atoms with Crippen molar-refractivity contribution < 1.29 is 9.53 Å². The molecule has 1 aromatic rings. The van der Waals surface area contributed by atoms with Crippen LogP contribution in [-0.4, -0.2) is 55.9 Å². The first-order chi connectivity index (χ1) is 10.7. The Labute approximate surface area is 135 Å². The van der Waals surface area contributed by atoms with Gasteiger partial charge in [-0.15, -0.1) is 11.8 Å². The van der Waals surface area contributed by atoms with Gasteiger partial charge >= 0.3 is 0 Å². The van der Waals surface area contributed by atoms with Gasteiger partial charge in [0.15, 0.2) is 0 Å². The van der Waals surface area contributed by atoms with Crippen LogP contribution in [0.3, 0.4) is 0 Å². The number of hydrogen-bond acceptors (Lipinski definition) is 5. The van der Waals surface area contributed by atoms with Gasteiger partial charge in [-0.3, -0.25) is 4.79 Å². The van der Waals surface area contributed by atoms with Crippen molar-refractivity contribution in [2.45, 2.75) is 23.8 Å². The molecule has 0 aliphatic carbocycles. The first-order valence-electron chi connectivity index (χ1n) is 7.76. The van der Waals surface area contributed by atoms with E-state index in [1.54, 1.807) is 18.9 Å². The van der Waals surface area contributed by atoms with E-state index in [0.29, 0.717) is 11.8 Å². The SMILES string of the molecule is COc1ccc2c(c1)N(CCN1CCC(N)CC1)C(=O)CS2. The van der Waals surface area contributed by atoms with E-state index < -0.39 is 0 Å². The number of fused-ring (bicyclic) bond motifs is 1. The predicted octanol–water partition coefficient (Wildman–Crippen LogP) is 1.56.